The summed E-state index contributed by atoms with van der Waals surface area (Å²) in [6.07, 6.45) is 3.77. The highest BCUT2D eigenvalue weighted by atomic mass is 19.1. The van der Waals surface area contributed by atoms with Crippen LogP contribution >= 0.6 is 0 Å². The number of amides is 1. The molecule has 0 bridgehead atoms. The van der Waals surface area contributed by atoms with Gasteiger partial charge in [0.1, 0.15) is 11.3 Å². The third-order valence-corrected chi connectivity index (χ3v) is 4.12. The molecule has 0 saturated heterocycles. The number of imidazole rings is 1. The predicted molar refractivity (Wildman–Crippen MR) is 94.1 cm³/mol. The zero-order valence-electron chi connectivity index (χ0n) is 14.4. The maximum atomic E-state index is 14.0. The zero-order chi connectivity index (χ0) is 19.0. The fraction of sp³-hybridized carbons (Fsp3) is 0.111. The summed E-state index contributed by atoms with van der Waals surface area (Å²) in [5.41, 5.74) is 2.70. The number of ether oxygens (including phenoxy) is 1. The molecule has 0 saturated carbocycles. The minimum Gasteiger partial charge on any atom is -0.493 e. The molecule has 0 aliphatic carbocycles. The van der Waals surface area contributed by atoms with Gasteiger partial charge in [-0.2, -0.15) is 4.98 Å². The molecule has 0 spiro atoms. The van der Waals surface area contributed by atoms with Gasteiger partial charge in [-0.25, -0.2) is 9.37 Å². The van der Waals surface area contributed by atoms with Crippen LogP contribution in [-0.2, 0) is 0 Å². The average Bonchev–Trinajstić information content (AvgIpc) is 3.32. The van der Waals surface area contributed by atoms with Crippen LogP contribution in [0.5, 0.6) is 5.75 Å². The van der Waals surface area contributed by atoms with E-state index >= 15 is 0 Å². The third kappa shape index (κ3) is 2.99. The van der Waals surface area contributed by atoms with E-state index in [-0.39, 0.29) is 11.4 Å². The van der Waals surface area contributed by atoms with Crippen molar-refractivity contribution in [2.24, 2.45) is 0 Å². The molecule has 0 atom stereocenters. The van der Waals surface area contributed by atoms with Crippen molar-refractivity contribution >= 4 is 17.2 Å². The highest BCUT2D eigenvalue weighted by molar-refractivity contribution is 6.04. The number of rotatable bonds is 4. The summed E-state index contributed by atoms with van der Waals surface area (Å²) >= 11 is 0. The SMILES string of the molecule is COc1cc2ncc(C(=O)Nc3cc(-c4ncon4)ccc3C)n2cc1F. The second kappa shape index (κ2) is 6.52. The molecule has 1 aromatic carbocycles. The number of fused-ring (bicyclic) bond motifs is 1. The number of halogens is 1. The number of nitrogens with one attached hydrogen (secondary N) is 1. The van der Waals surface area contributed by atoms with Gasteiger partial charge in [-0.15, -0.1) is 0 Å². The number of methoxy groups -OCH3 is 1. The first-order valence-electron chi connectivity index (χ1n) is 7.96. The smallest absolute Gasteiger partial charge is 0.274 e. The van der Waals surface area contributed by atoms with Gasteiger partial charge in [0.15, 0.2) is 11.6 Å². The maximum absolute atomic E-state index is 14.0. The summed E-state index contributed by atoms with van der Waals surface area (Å²) < 4.78 is 25.1. The van der Waals surface area contributed by atoms with Crippen molar-refractivity contribution in [2.45, 2.75) is 6.92 Å². The lowest BCUT2D eigenvalue weighted by Crippen LogP contribution is -2.15. The van der Waals surface area contributed by atoms with Gasteiger partial charge in [-0.05, 0) is 18.6 Å². The Morgan fingerprint density at radius 1 is 1.30 bits per heavy atom. The van der Waals surface area contributed by atoms with Gasteiger partial charge >= 0.3 is 0 Å². The molecule has 0 radical (unpaired) electrons. The molecule has 8 nitrogen and oxygen atoms in total. The maximum Gasteiger partial charge on any atom is 0.274 e. The van der Waals surface area contributed by atoms with Gasteiger partial charge < -0.3 is 14.6 Å². The molecular weight excluding hydrogens is 353 g/mol. The van der Waals surface area contributed by atoms with Crippen LogP contribution in [-0.4, -0.2) is 32.5 Å². The van der Waals surface area contributed by atoms with Crippen molar-refractivity contribution < 1.29 is 18.4 Å². The van der Waals surface area contributed by atoms with Gasteiger partial charge in [0, 0.05) is 17.3 Å². The minimum atomic E-state index is -0.590. The number of carbonyl (C=O) groups excluding carboxylic acids is 1. The first-order chi connectivity index (χ1) is 13.1. The zero-order valence-corrected chi connectivity index (χ0v) is 14.4. The van der Waals surface area contributed by atoms with Crippen molar-refractivity contribution in [3.05, 3.63) is 60.1 Å². The Bertz CT molecular complexity index is 1140. The summed E-state index contributed by atoms with van der Waals surface area (Å²) in [4.78, 5) is 20.9. The van der Waals surface area contributed by atoms with Crippen LogP contribution in [0.3, 0.4) is 0 Å². The number of nitrogens with zero attached hydrogens (tertiary/aromatic N) is 4. The van der Waals surface area contributed by atoms with Crippen LogP contribution in [0.15, 0.2) is 47.6 Å². The Morgan fingerprint density at radius 2 is 2.15 bits per heavy atom. The van der Waals surface area contributed by atoms with Gasteiger partial charge in [0.05, 0.1) is 19.5 Å². The summed E-state index contributed by atoms with van der Waals surface area (Å²) in [5, 5.41) is 6.60. The molecule has 3 heterocycles. The van der Waals surface area contributed by atoms with E-state index in [2.05, 4.69) is 20.4 Å². The first kappa shape index (κ1) is 16.7. The minimum absolute atomic E-state index is 0.0590. The van der Waals surface area contributed by atoms with Crippen LogP contribution in [0.1, 0.15) is 16.1 Å². The van der Waals surface area contributed by atoms with E-state index in [0.717, 1.165) is 5.56 Å². The first-order valence-corrected chi connectivity index (χ1v) is 7.96. The van der Waals surface area contributed by atoms with E-state index < -0.39 is 11.7 Å². The topological polar surface area (TPSA) is 94.5 Å². The van der Waals surface area contributed by atoms with Crippen molar-refractivity contribution in [3.63, 3.8) is 0 Å². The van der Waals surface area contributed by atoms with Gasteiger partial charge in [-0.1, -0.05) is 17.3 Å². The van der Waals surface area contributed by atoms with E-state index in [0.29, 0.717) is 22.7 Å². The highest BCUT2D eigenvalue weighted by Gasteiger charge is 2.16. The molecule has 0 aliphatic heterocycles. The van der Waals surface area contributed by atoms with Crippen LogP contribution in [0.4, 0.5) is 10.1 Å². The van der Waals surface area contributed by atoms with Crippen molar-refractivity contribution in [1.82, 2.24) is 19.5 Å². The molecule has 0 aliphatic rings. The number of pyridine rings is 1. The standard InChI is InChI=1S/C18H14FN5O3/c1-10-3-4-11(17-21-9-27-23-17)5-13(10)22-18(25)14-7-20-16-6-15(26-2)12(19)8-24(14)16/h3-9H,1-2H3,(H,22,25). The number of hydrogen-bond acceptors (Lipinski definition) is 6. The largest absolute Gasteiger partial charge is 0.493 e. The number of hydrogen-bond donors (Lipinski definition) is 1. The van der Waals surface area contributed by atoms with Crippen LogP contribution in [0.25, 0.3) is 17.0 Å². The Morgan fingerprint density at radius 3 is 2.89 bits per heavy atom. The van der Waals surface area contributed by atoms with E-state index in [1.54, 1.807) is 6.07 Å². The fourth-order valence-electron chi connectivity index (χ4n) is 2.69. The molecule has 27 heavy (non-hydrogen) atoms. The van der Waals surface area contributed by atoms with E-state index in [1.807, 2.05) is 19.1 Å². The molecule has 136 valence electrons. The van der Waals surface area contributed by atoms with E-state index in [9.17, 15) is 9.18 Å². The summed E-state index contributed by atoms with van der Waals surface area (Å²) in [6.45, 7) is 1.86. The fourth-order valence-corrected chi connectivity index (χ4v) is 2.69. The Balaban J connectivity index is 1.68. The van der Waals surface area contributed by atoms with E-state index in [4.69, 9.17) is 9.26 Å². The molecule has 4 aromatic rings. The summed E-state index contributed by atoms with van der Waals surface area (Å²) in [7, 11) is 1.37. The Hall–Kier alpha value is -3.75. The lowest BCUT2D eigenvalue weighted by molar-refractivity contribution is 0.102. The van der Waals surface area contributed by atoms with Crippen LogP contribution < -0.4 is 10.1 Å². The molecule has 0 unspecified atom stereocenters. The third-order valence-electron chi connectivity index (χ3n) is 4.12. The lowest BCUT2D eigenvalue weighted by atomic mass is 10.1. The Kier molecular flexibility index (Phi) is 4.03. The van der Waals surface area contributed by atoms with Gasteiger partial charge in [0.25, 0.3) is 5.91 Å². The molecule has 4 rings (SSSR count). The average molecular weight is 367 g/mol. The molecule has 1 N–H and O–H groups in total. The second-order valence-corrected chi connectivity index (χ2v) is 5.80. The van der Waals surface area contributed by atoms with Crippen LogP contribution in [0.2, 0.25) is 0 Å². The number of anilines is 1. The number of carbonyl (C=O) groups is 1. The molecular formula is C18H14FN5O3. The van der Waals surface area contributed by atoms with Crippen LogP contribution in [0, 0.1) is 12.7 Å². The summed E-state index contributed by atoms with van der Waals surface area (Å²) in [5.74, 6) is -0.550. The lowest BCUT2D eigenvalue weighted by Gasteiger charge is -2.10. The molecule has 0 fully saturated rings. The molecule has 1 amide bonds. The quantitative estimate of drug-likeness (QED) is 0.596. The van der Waals surface area contributed by atoms with Crippen molar-refractivity contribution in [2.75, 3.05) is 12.4 Å². The number of aryl methyl sites for hydroxylation is 1. The summed E-state index contributed by atoms with van der Waals surface area (Å²) in [6, 6.07) is 6.82. The van der Waals surface area contributed by atoms with Crippen molar-refractivity contribution in [1.29, 1.82) is 0 Å². The number of aromatic nitrogens is 4. The molecule has 3 aromatic heterocycles. The second-order valence-electron chi connectivity index (χ2n) is 5.80. The normalized spacial score (nSPS) is 10.9. The Labute approximate surface area is 152 Å². The predicted octanol–water partition coefficient (Wildman–Crippen LogP) is 3.09. The van der Waals surface area contributed by atoms with Gasteiger partial charge in [0.2, 0.25) is 12.2 Å². The molecule has 9 heteroatoms. The van der Waals surface area contributed by atoms with E-state index in [1.165, 1.54) is 36.4 Å². The number of benzene rings is 1. The highest BCUT2D eigenvalue weighted by Crippen LogP contribution is 2.24. The monoisotopic (exact) mass is 367 g/mol. The van der Waals surface area contributed by atoms with Gasteiger partial charge in [-0.3, -0.25) is 9.20 Å². The van der Waals surface area contributed by atoms with Crippen molar-refractivity contribution in [3.8, 4) is 17.1 Å².